The fourth-order valence-electron chi connectivity index (χ4n) is 2.00. The van der Waals surface area contributed by atoms with Crippen LogP contribution in [0.2, 0.25) is 5.02 Å². The lowest BCUT2D eigenvalue weighted by Crippen LogP contribution is -2.03. The number of hydrogen-bond acceptors (Lipinski definition) is 2. The van der Waals surface area contributed by atoms with Crippen molar-refractivity contribution in [3.05, 3.63) is 41.2 Å². The Balaban J connectivity index is 0.00000162. The fourth-order valence-corrected chi connectivity index (χ4v) is 2.17. The zero-order chi connectivity index (χ0) is 12.4. The van der Waals surface area contributed by atoms with Gasteiger partial charge in [-0.05, 0) is 36.4 Å². The lowest BCUT2D eigenvalue weighted by atomic mass is 10.1. The predicted octanol–water partition coefficient (Wildman–Crippen LogP) is 3.53. The third-order valence-corrected chi connectivity index (χ3v) is 3.32. The molecule has 0 spiro atoms. The Hall–Kier alpha value is -0.770. The Morgan fingerprint density at radius 1 is 1.56 bits per heavy atom. The first kappa shape index (κ1) is 15.3. The fraction of sp³-hybridized carbons (Fsp3) is 0.385. The highest BCUT2D eigenvalue weighted by atomic mass is 35.5. The van der Waals surface area contributed by atoms with Gasteiger partial charge in [-0.15, -0.1) is 12.4 Å². The van der Waals surface area contributed by atoms with Crippen LogP contribution in [0.3, 0.4) is 0 Å². The smallest absolute Gasteiger partial charge is 0.145 e. The second-order valence-corrected chi connectivity index (χ2v) is 4.65. The van der Waals surface area contributed by atoms with Crippen LogP contribution in [0.25, 0.3) is 0 Å². The Morgan fingerprint density at radius 3 is 2.83 bits per heavy atom. The molecule has 100 valence electrons. The standard InChI is InChI=1S/C13H15ClFNO.ClH/c1-2-3-17-13-6-12(15)11(14)5-10(13)9-4-8(9)7-16;/h2,5-6,8-9H,1,3-4,7,16H2;1H. The number of benzene rings is 1. The molecule has 0 bridgehead atoms. The second-order valence-electron chi connectivity index (χ2n) is 4.24. The van der Waals surface area contributed by atoms with E-state index in [1.807, 2.05) is 0 Å². The molecule has 1 aromatic carbocycles. The summed E-state index contributed by atoms with van der Waals surface area (Å²) < 4.78 is 18.8. The van der Waals surface area contributed by atoms with Crippen molar-refractivity contribution in [3.8, 4) is 5.75 Å². The highest BCUT2D eigenvalue weighted by Gasteiger charge is 2.39. The maximum atomic E-state index is 13.4. The Kier molecular flexibility index (Phi) is 5.45. The first-order valence-corrected chi connectivity index (χ1v) is 5.97. The van der Waals surface area contributed by atoms with Crippen molar-refractivity contribution in [1.82, 2.24) is 0 Å². The van der Waals surface area contributed by atoms with Crippen LogP contribution in [-0.2, 0) is 0 Å². The van der Waals surface area contributed by atoms with E-state index in [-0.39, 0.29) is 17.4 Å². The summed E-state index contributed by atoms with van der Waals surface area (Å²) in [6.45, 7) is 4.57. The molecule has 1 aliphatic rings. The van der Waals surface area contributed by atoms with Crippen LogP contribution >= 0.6 is 24.0 Å². The summed E-state index contributed by atoms with van der Waals surface area (Å²) in [4.78, 5) is 0. The quantitative estimate of drug-likeness (QED) is 0.843. The minimum absolute atomic E-state index is 0. The Labute approximate surface area is 117 Å². The number of ether oxygens (including phenoxy) is 1. The van der Waals surface area contributed by atoms with Gasteiger partial charge in [-0.1, -0.05) is 24.3 Å². The zero-order valence-corrected chi connectivity index (χ0v) is 11.4. The zero-order valence-electron chi connectivity index (χ0n) is 9.86. The van der Waals surface area contributed by atoms with Gasteiger partial charge in [0.1, 0.15) is 18.2 Å². The minimum atomic E-state index is -0.459. The molecule has 0 saturated heterocycles. The maximum absolute atomic E-state index is 13.4. The van der Waals surface area contributed by atoms with Crippen LogP contribution < -0.4 is 10.5 Å². The van der Waals surface area contributed by atoms with Crippen molar-refractivity contribution in [3.63, 3.8) is 0 Å². The van der Waals surface area contributed by atoms with Gasteiger partial charge in [0.05, 0.1) is 5.02 Å². The Morgan fingerprint density at radius 2 is 2.28 bits per heavy atom. The van der Waals surface area contributed by atoms with Gasteiger partial charge < -0.3 is 10.5 Å². The molecule has 18 heavy (non-hydrogen) atoms. The molecule has 0 radical (unpaired) electrons. The summed E-state index contributed by atoms with van der Waals surface area (Å²) in [6, 6.07) is 2.99. The van der Waals surface area contributed by atoms with Crippen molar-refractivity contribution >= 4 is 24.0 Å². The summed E-state index contributed by atoms with van der Waals surface area (Å²) in [5.41, 5.74) is 6.57. The van der Waals surface area contributed by atoms with Gasteiger partial charge in [0.25, 0.3) is 0 Å². The van der Waals surface area contributed by atoms with Crippen LogP contribution in [0.5, 0.6) is 5.75 Å². The van der Waals surface area contributed by atoms with Gasteiger partial charge in [-0.3, -0.25) is 0 Å². The van der Waals surface area contributed by atoms with Gasteiger partial charge in [0.15, 0.2) is 0 Å². The normalized spacial score (nSPS) is 21.1. The molecule has 1 fully saturated rings. The molecule has 0 aliphatic heterocycles. The minimum Gasteiger partial charge on any atom is -0.489 e. The van der Waals surface area contributed by atoms with Crippen LogP contribution in [0.1, 0.15) is 17.9 Å². The van der Waals surface area contributed by atoms with E-state index in [0.29, 0.717) is 30.7 Å². The predicted molar refractivity (Wildman–Crippen MR) is 74.3 cm³/mol. The topological polar surface area (TPSA) is 35.2 Å². The number of nitrogens with two attached hydrogens (primary N) is 1. The summed E-state index contributed by atoms with van der Waals surface area (Å²) in [5.74, 6) is 0.896. The molecule has 5 heteroatoms. The number of halogens is 3. The molecule has 2 N–H and O–H groups in total. The van der Waals surface area contributed by atoms with Gasteiger partial charge in [-0.25, -0.2) is 4.39 Å². The van der Waals surface area contributed by atoms with Crippen molar-refractivity contribution in [1.29, 1.82) is 0 Å². The third-order valence-electron chi connectivity index (χ3n) is 3.03. The molecular formula is C13H16Cl2FNO. The SMILES string of the molecule is C=CCOc1cc(F)c(Cl)cc1C1CC1CN.Cl. The van der Waals surface area contributed by atoms with Crippen molar-refractivity contribution in [2.24, 2.45) is 11.7 Å². The van der Waals surface area contributed by atoms with E-state index in [9.17, 15) is 4.39 Å². The van der Waals surface area contributed by atoms with E-state index in [1.165, 1.54) is 6.07 Å². The molecular weight excluding hydrogens is 276 g/mol. The average Bonchev–Trinajstić information content (AvgIpc) is 3.09. The van der Waals surface area contributed by atoms with E-state index in [0.717, 1.165) is 12.0 Å². The molecule has 0 amide bonds. The second kappa shape index (κ2) is 6.41. The van der Waals surface area contributed by atoms with Gasteiger partial charge >= 0.3 is 0 Å². The van der Waals surface area contributed by atoms with Crippen LogP contribution in [0.15, 0.2) is 24.8 Å². The lowest BCUT2D eigenvalue weighted by Gasteiger charge is -2.11. The van der Waals surface area contributed by atoms with Crippen LogP contribution in [0, 0.1) is 11.7 Å². The Bertz CT molecular complexity index is 439. The van der Waals surface area contributed by atoms with E-state index in [1.54, 1.807) is 12.1 Å². The van der Waals surface area contributed by atoms with E-state index in [2.05, 4.69) is 6.58 Å². The molecule has 0 aromatic heterocycles. The van der Waals surface area contributed by atoms with Gasteiger partial charge in [0.2, 0.25) is 0 Å². The average molecular weight is 292 g/mol. The van der Waals surface area contributed by atoms with Gasteiger partial charge in [0, 0.05) is 6.07 Å². The summed E-state index contributed by atoms with van der Waals surface area (Å²) >= 11 is 5.80. The van der Waals surface area contributed by atoms with Crippen molar-refractivity contribution in [2.45, 2.75) is 12.3 Å². The van der Waals surface area contributed by atoms with E-state index < -0.39 is 5.82 Å². The highest BCUT2D eigenvalue weighted by molar-refractivity contribution is 6.30. The first-order chi connectivity index (χ1) is 8.17. The third kappa shape index (κ3) is 3.16. The monoisotopic (exact) mass is 291 g/mol. The van der Waals surface area contributed by atoms with Crippen LogP contribution in [0.4, 0.5) is 4.39 Å². The van der Waals surface area contributed by atoms with Crippen molar-refractivity contribution < 1.29 is 9.13 Å². The van der Waals surface area contributed by atoms with E-state index >= 15 is 0 Å². The molecule has 2 atom stereocenters. The van der Waals surface area contributed by atoms with Crippen LogP contribution in [-0.4, -0.2) is 13.2 Å². The molecule has 2 unspecified atom stereocenters. The molecule has 1 saturated carbocycles. The highest BCUT2D eigenvalue weighted by Crippen LogP contribution is 2.50. The van der Waals surface area contributed by atoms with E-state index in [4.69, 9.17) is 22.1 Å². The largest absolute Gasteiger partial charge is 0.489 e. The van der Waals surface area contributed by atoms with Crippen molar-refractivity contribution in [2.75, 3.05) is 13.2 Å². The first-order valence-electron chi connectivity index (χ1n) is 5.60. The molecule has 2 rings (SSSR count). The summed E-state index contributed by atoms with van der Waals surface area (Å²) in [7, 11) is 0. The summed E-state index contributed by atoms with van der Waals surface area (Å²) in [5, 5.41) is 0.133. The molecule has 1 aliphatic carbocycles. The molecule has 2 nitrogen and oxygen atoms in total. The maximum Gasteiger partial charge on any atom is 0.145 e. The van der Waals surface area contributed by atoms with Gasteiger partial charge in [-0.2, -0.15) is 0 Å². The number of rotatable bonds is 5. The molecule has 0 heterocycles. The molecule has 1 aromatic rings. The lowest BCUT2D eigenvalue weighted by molar-refractivity contribution is 0.356. The number of hydrogen-bond donors (Lipinski definition) is 1. The summed E-state index contributed by atoms with van der Waals surface area (Å²) in [6.07, 6.45) is 2.65.